The number of nitrogens with zero attached hydrogens (tertiary/aromatic N) is 1. The van der Waals surface area contributed by atoms with Crippen LogP contribution < -0.4 is 5.32 Å². The van der Waals surface area contributed by atoms with Gasteiger partial charge in [0.15, 0.2) is 0 Å². The third-order valence-corrected chi connectivity index (χ3v) is 3.81. The fourth-order valence-electron chi connectivity index (χ4n) is 2.41. The molecular weight excluding hydrogens is 250 g/mol. The Bertz CT molecular complexity index is 471. The standard InChI is InChI=1S/C14H18F2N2O/c1-8-6-18(7-9(8)2)14(19)10-4-11(15)13(17-3)12(16)5-10/h4-5,8-9,17H,6-7H2,1-3H3. The summed E-state index contributed by atoms with van der Waals surface area (Å²) in [6, 6.07) is 2.18. The molecule has 0 spiro atoms. The van der Waals surface area contributed by atoms with E-state index in [4.69, 9.17) is 0 Å². The molecule has 1 aromatic rings. The van der Waals surface area contributed by atoms with Gasteiger partial charge in [-0.1, -0.05) is 13.8 Å². The Balaban J connectivity index is 2.25. The van der Waals surface area contributed by atoms with E-state index in [9.17, 15) is 13.6 Å². The number of amides is 1. The van der Waals surface area contributed by atoms with Crippen LogP contribution in [0.4, 0.5) is 14.5 Å². The minimum absolute atomic E-state index is 0.0651. The van der Waals surface area contributed by atoms with Gasteiger partial charge < -0.3 is 10.2 Å². The minimum atomic E-state index is -0.744. The lowest BCUT2D eigenvalue weighted by atomic mass is 10.0. The van der Waals surface area contributed by atoms with Crippen molar-refractivity contribution in [1.82, 2.24) is 4.90 Å². The first-order valence-corrected chi connectivity index (χ1v) is 6.40. The van der Waals surface area contributed by atoms with E-state index in [1.807, 2.05) is 0 Å². The summed E-state index contributed by atoms with van der Waals surface area (Å²) in [6.07, 6.45) is 0. The molecule has 1 aromatic carbocycles. The highest BCUT2D eigenvalue weighted by Crippen LogP contribution is 2.26. The summed E-state index contributed by atoms with van der Waals surface area (Å²) in [7, 11) is 1.44. The van der Waals surface area contributed by atoms with Crippen LogP contribution >= 0.6 is 0 Å². The maximum atomic E-state index is 13.6. The lowest BCUT2D eigenvalue weighted by molar-refractivity contribution is 0.0784. The molecule has 1 saturated heterocycles. The lowest BCUT2D eigenvalue weighted by Gasteiger charge is -2.16. The molecule has 2 rings (SSSR count). The van der Waals surface area contributed by atoms with E-state index >= 15 is 0 Å². The third-order valence-electron chi connectivity index (χ3n) is 3.81. The quantitative estimate of drug-likeness (QED) is 0.894. The smallest absolute Gasteiger partial charge is 0.254 e. The van der Waals surface area contributed by atoms with Gasteiger partial charge in [-0.15, -0.1) is 0 Å². The number of halogens is 2. The first-order chi connectivity index (χ1) is 8.93. The first kappa shape index (κ1) is 13.8. The van der Waals surface area contributed by atoms with E-state index < -0.39 is 11.6 Å². The highest BCUT2D eigenvalue weighted by Gasteiger charge is 2.30. The molecule has 0 bridgehead atoms. The van der Waals surface area contributed by atoms with Gasteiger partial charge in [-0.2, -0.15) is 0 Å². The van der Waals surface area contributed by atoms with Crippen LogP contribution in [-0.2, 0) is 0 Å². The van der Waals surface area contributed by atoms with Crippen LogP contribution in [0.25, 0.3) is 0 Å². The number of carbonyl (C=O) groups is 1. The molecule has 2 unspecified atom stereocenters. The van der Waals surface area contributed by atoms with Crippen LogP contribution in [0.5, 0.6) is 0 Å². The van der Waals surface area contributed by atoms with E-state index in [1.165, 1.54) is 7.05 Å². The molecule has 1 aliphatic heterocycles. The van der Waals surface area contributed by atoms with Gasteiger partial charge in [0.05, 0.1) is 0 Å². The van der Waals surface area contributed by atoms with Crippen molar-refractivity contribution in [2.24, 2.45) is 11.8 Å². The largest absolute Gasteiger partial charge is 0.383 e. The summed E-state index contributed by atoms with van der Waals surface area (Å²) < 4.78 is 27.3. The monoisotopic (exact) mass is 268 g/mol. The summed E-state index contributed by atoms with van der Waals surface area (Å²) >= 11 is 0. The Morgan fingerprint density at radius 2 is 1.68 bits per heavy atom. The van der Waals surface area contributed by atoms with Crippen LogP contribution in [0.15, 0.2) is 12.1 Å². The van der Waals surface area contributed by atoms with Crippen LogP contribution in [0.3, 0.4) is 0 Å². The van der Waals surface area contributed by atoms with Crippen LogP contribution in [-0.4, -0.2) is 30.9 Å². The molecule has 1 heterocycles. The van der Waals surface area contributed by atoms with Gasteiger partial charge in [-0.05, 0) is 24.0 Å². The molecule has 0 saturated carbocycles. The summed E-state index contributed by atoms with van der Waals surface area (Å²) in [6.45, 7) is 5.42. The van der Waals surface area contributed by atoms with Gasteiger partial charge in [-0.25, -0.2) is 8.78 Å². The van der Waals surface area contributed by atoms with Crippen molar-refractivity contribution in [3.05, 3.63) is 29.3 Å². The van der Waals surface area contributed by atoms with Gasteiger partial charge >= 0.3 is 0 Å². The number of carbonyl (C=O) groups excluding carboxylic acids is 1. The molecule has 1 fully saturated rings. The van der Waals surface area contributed by atoms with Crippen molar-refractivity contribution >= 4 is 11.6 Å². The number of benzene rings is 1. The zero-order chi connectivity index (χ0) is 14.2. The van der Waals surface area contributed by atoms with Crippen molar-refractivity contribution in [3.63, 3.8) is 0 Å². The predicted octanol–water partition coefficient (Wildman–Crippen LogP) is 2.73. The highest BCUT2D eigenvalue weighted by molar-refractivity contribution is 5.94. The van der Waals surface area contributed by atoms with Gasteiger partial charge in [0.2, 0.25) is 0 Å². The van der Waals surface area contributed by atoms with Gasteiger partial charge in [0, 0.05) is 25.7 Å². The summed E-state index contributed by atoms with van der Waals surface area (Å²) in [5.41, 5.74) is -0.144. The Labute approximate surface area is 111 Å². The molecule has 0 aliphatic carbocycles. The molecule has 1 aliphatic rings. The molecule has 0 radical (unpaired) electrons. The Morgan fingerprint density at radius 3 is 2.11 bits per heavy atom. The summed E-state index contributed by atoms with van der Waals surface area (Å²) in [5, 5.41) is 2.44. The summed E-state index contributed by atoms with van der Waals surface area (Å²) in [5.74, 6) is -0.973. The number of hydrogen-bond donors (Lipinski definition) is 1. The minimum Gasteiger partial charge on any atom is -0.383 e. The first-order valence-electron chi connectivity index (χ1n) is 6.40. The maximum absolute atomic E-state index is 13.6. The van der Waals surface area contributed by atoms with Crippen molar-refractivity contribution in [2.45, 2.75) is 13.8 Å². The molecule has 104 valence electrons. The highest BCUT2D eigenvalue weighted by atomic mass is 19.1. The molecule has 1 N–H and O–H groups in total. The van der Waals surface area contributed by atoms with E-state index in [0.717, 1.165) is 12.1 Å². The molecule has 0 aromatic heterocycles. The Hall–Kier alpha value is -1.65. The average Bonchev–Trinajstić information content (AvgIpc) is 2.68. The van der Waals surface area contributed by atoms with Crippen LogP contribution in [0.1, 0.15) is 24.2 Å². The number of anilines is 1. The number of hydrogen-bond acceptors (Lipinski definition) is 2. The van der Waals surface area contributed by atoms with Gasteiger partial charge in [0.1, 0.15) is 17.3 Å². The van der Waals surface area contributed by atoms with Crippen molar-refractivity contribution in [1.29, 1.82) is 0 Å². The van der Waals surface area contributed by atoms with Crippen molar-refractivity contribution in [3.8, 4) is 0 Å². The second kappa shape index (κ2) is 5.15. The van der Waals surface area contributed by atoms with Crippen molar-refractivity contribution in [2.75, 3.05) is 25.5 Å². The topological polar surface area (TPSA) is 32.3 Å². The molecular formula is C14H18F2N2O. The van der Waals surface area contributed by atoms with Crippen LogP contribution in [0.2, 0.25) is 0 Å². The Kier molecular flexibility index (Phi) is 3.73. The molecule has 2 atom stereocenters. The molecule has 1 amide bonds. The maximum Gasteiger partial charge on any atom is 0.254 e. The van der Waals surface area contributed by atoms with Gasteiger partial charge in [-0.3, -0.25) is 4.79 Å². The average molecular weight is 268 g/mol. The zero-order valence-corrected chi connectivity index (χ0v) is 11.3. The Morgan fingerprint density at radius 1 is 1.21 bits per heavy atom. The number of rotatable bonds is 2. The van der Waals surface area contributed by atoms with Crippen LogP contribution in [0, 0.1) is 23.5 Å². The summed E-state index contributed by atoms with van der Waals surface area (Å²) in [4.78, 5) is 13.9. The third kappa shape index (κ3) is 2.55. The molecule has 19 heavy (non-hydrogen) atoms. The van der Waals surface area contributed by atoms with Crippen molar-refractivity contribution < 1.29 is 13.6 Å². The van der Waals surface area contributed by atoms with E-state index in [0.29, 0.717) is 24.9 Å². The zero-order valence-electron chi connectivity index (χ0n) is 11.3. The predicted molar refractivity (Wildman–Crippen MR) is 70.1 cm³/mol. The second-order valence-corrected chi connectivity index (χ2v) is 5.23. The second-order valence-electron chi connectivity index (χ2n) is 5.23. The number of nitrogens with one attached hydrogen (secondary N) is 1. The van der Waals surface area contributed by atoms with E-state index in [2.05, 4.69) is 19.2 Å². The number of likely N-dealkylation sites (tertiary alicyclic amines) is 1. The van der Waals surface area contributed by atoms with Gasteiger partial charge in [0.25, 0.3) is 5.91 Å². The normalized spacial score (nSPS) is 22.7. The van der Waals surface area contributed by atoms with E-state index in [1.54, 1.807) is 4.90 Å². The molecule has 3 nitrogen and oxygen atoms in total. The fraction of sp³-hybridized carbons (Fsp3) is 0.500. The van der Waals surface area contributed by atoms with E-state index in [-0.39, 0.29) is 17.2 Å². The molecule has 5 heteroatoms. The SMILES string of the molecule is CNc1c(F)cc(C(=O)N2CC(C)C(C)C2)cc1F. The fourth-order valence-corrected chi connectivity index (χ4v) is 2.41. The lowest BCUT2D eigenvalue weighted by Crippen LogP contribution is -2.29.